The minimum Gasteiger partial charge on any atom is -0.519 e. The molecule has 0 aromatic rings. The van der Waals surface area contributed by atoms with Crippen LogP contribution >= 0.6 is 0 Å². The molecule has 8 heteroatoms. The lowest BCUT2D eigenvalue weighted by atomic mass is 10.3. The first kappa shape index (κ1) is 24.7. The molecule has 1 unspecified atom stereocenters. The van der Waals surface area contributed by atoms with Gasteiger partial charge in [-0.25, -0.2) is 0 Å². The van der Waals surface area contributed by atoms with Gasteiger partial charge in [0.05, 0.1) is 6.54 Å². The van der Waals surface area contributed by atoms with Crippen LogP contribution in [0.5, 0.6) is 0 Å². The van der Waals surface area contributed by atoms with Gasteiger partial charge in [0.25, 0.3) is 0 Å². The van der Waals surface area contributed by atoms with E-state index in [9.17, 15) is 4.79 Å². The molecule has 0 aliphatic heterocycles. The molecule has 0 saturated heterocycles. The van der Waals surface area contributed by atoms with E-state index in [-0.39, 0.29) is 18.6 Å². The molecule has 0 radical (unpaired) electrons. The van der Waals surface area contributed by atoms with Gasteiger partial charge < -0.3 is 23.0 Å². The summed E-state index contributed by atoms with van der Waals surface area (Å²) in [6.07, 6.45) is 2.96. The summed E-state index contributed by atoms with van der Waals surface area (Å²) < 4.78 is 23.5. The van der Waals surface area contributed by atoms with E-state index in [0.29, 0.717) is 13.2 Å². The molecule has 0 rings (SSSR count). The van der Waals surface area contributed by atoms with Crippen LogP contribution < -0.4 is 5.32 Å². The Hall–Kier alpha value is -0.256. The maximum absolute atomic E-state index is 11.7. The molecule has 0 fully saturated rings. The second-order valence-electron chi connectivity index (χ2n) is 7.11. The Morgan fingerprint density at radius 2 is 1.64 bits per heavy atom. The van der Waals surface area contributed by atoms with Gasteiger partial charge in [-0.2, -0.15) is 0 Å². The molecule has 0 spiro atoms. The zero-order valence-corrected chi connectivity index (χ0v) is 19.3. The number of unbranched alkanes of at least 4 members (excludes halogenated alkanes) is 1. The third-order valence-corrected chi connectivity index (χ3v) is 7.48. The normalized spacial score (nSPS) is 13.7. The molecule has 0 aliphatic rings. The minimum absolute atomic E-state index is 0.138. The molecule has 0 aromatic carbocycles. The maximum atomic E-state index is 11.7. The number of rotatable bonds is 15. The monoisotopic (exact) mass is 393 g/mol. The van der Waals surface area contributed by atoms with Crippen LogP contribution in [0.2, 0.25) is 25.7 Å². The Labute approximate surface area is 156 Å². The van der Waals surface area contributed by atoms with Crippen molar-refractivity contribution in [3.8, 4) is 0 Å². The summed E-state index contributed by atoms with van der Waals surface area (Å²) in [5.41, 5.74) is 0. The number of carbonyl (C=O) groups excluding carboxylic acids is 1. The van der Waals surface area contributed by atoms with Crippen LogP contribution in [0.1, 0.15) is 47.0 Å². The predicted molar refractivity (Wildman–Crippen MR) is 106 cm³/mol. The molecule has 6 nitrogen and oxygen atoms in total. The Balaban J connectivity index is 4.22. The number of hydrogen-bond donors (Lipinski definition) is 1. The van der Waals surface area contributed by atoms with Crippen molar-refractivity contribution in [1.29, 1.82) is 0 Å². The highest BCUT2D eigenvalue weighted by Gasteiger charge is 2.41. The van der Waals surface area contributed by atoms with E-state index in [1.54, 1.807) is 0 Å². The highest BCUT2D eigenvalue weighted by Crippen LogP contribution is 2.22. The van der Waals surface area contributed by atoms with Crippen molar-refractivity contribution in [2.75, 3.05) is 26.3 Å². The molecule has 0 heterocycles. The summed E-state index contributed by atoms with van der Waals surface area (Å²) in [5.74, 6) is -0.161. The zero-order chi connectivity index (χ0) is 19.3. The summed E-state index contributed by atoms with van der Waals surface area (Å²) in [7, 11) is -4.40. The van der Waals surface area contributed by atoms with E-state index in [4.69, 9.17) is 17.7 Å². The van der Waals surface area contributed by atoms with Gasteiger partial charge in [0.1, 0.15) is 0 Å². The fourth-order valence-corrected chi connectivity index (χ4v) is 6.03. The van der Waals surface area contributed by atoms with E-state index in [1.807, 2.05) is 33.5 Å². The first-order valence-electron chi connectivity index (χ1n) is 9.56. The third-order valence-electron chi connectivity index (χ3n) is 3.46. The molecule has 25 heavy (non-hydrogen) atoms. The summed E-state index contributed by atoms with van der Waals surface area (Å²) in [6, 6.07) is 0.806. The lowest BCUT2D eigenvalue weighted by molar-refractivity contribution is -0.134. The first-order chi connectivity index (χ1) is 11.7. The lowest BCUT2D eigenvalue weighted by Crippen LogP contribution is -2.48. The Morgan fingerprint density at radius 3 is 2.12 bits per heavy atom. The smallest absolute Gasteiger partial charge is 0.501 e. The van der Waals surface area contributed by atoms with Crippen molar-refractivity contribution in [2.45, 2.75) is 78.7 Å². The second-order valence-corrected chi connectivity index (χ2v) is 14.2. The summed E-state index contributed by atoms with van der Waals surface area (Å²) in [5, 5.41) is 3.15. The average Bonchev–Trinajstić information content (AvgIpc) is 2.49. The van der Waals surface area contributed by atoms with E-state index >= 15 is 0 Å². The third kappa shape index (κ3) is 12.7. The van der Waals surface area contributed by atoms with E-state index in [1.165, 1.54) is 0 Å². The van der Waals surface area contributed by atoms with Crippen molar-refractivity contribution in [1.82, 2.24) is 5.32 Å². The Bertz CT molecular complexity index is 357. The van der Waals surface area contributed by atoms with Crippen LogP contribution in [-0.2, 0) is 22.5 Å². The van der Waals surface area contributed by atoms with Gasteiger partial charge in [-0.1, -0.05) is 6.92 Å². The molecule has 0 aliphatic carbocycles. The second kappa shape index (κ2) is 13.0. The van der Waals surface area contributed by atoms with Gasteiger partial charge in [-0.05, 0) is 66.2 Å². The number of hydrogen-bond acceptors (Lipinski definition) is 6. The van der Waals surface area contributed by atoms with Crippen LogP contribution in [0.25, 0.3) is 0 Å². The van der Waals surface area contributed by atoms with Crippen molar-refractivity contribution < 1.29 is 22.5 Å². The van der Waals surface area contributed by atoms with Gasteiger partial charge >= 0.3 is 14.8 Å². The van der Waals surface area contributed by atoms with Gasteiger partial charge in [0.2, 0.25) is 8.32 Å². The molecule has 1 atom stereocenters. The molecule has 150 valence electrons. The van der Waals surface area contributed by atoms with Crippen LogP contribution in [0.4, 0.5) is 0 Å². The van der Waals surface area contributed by atoms with Crippen molar-refractivity contribution in [3.63, 3.8) is 0 Å². The highest BCUT2D eigenvalue weighted by atomic mass is 28.4. The van der Waals surface area contributed by atoms with Crippen molar-refractivity contribution in [3.05, 3.63) is 0 Å². The highest BCUT2D eigenvalue weighted by molar-refractivity contribution is 6.71. The Morgan fingerprint density at radius 1 is 1.04 bits per heavy atom. The van der Waals surface area contributed by atoms with Crippen LogP contribution in [0, 0.1) is 0 Å². The van der Waals surface area contributed by atoms with Gasteiger partial charge in [0.15, 0.2) is 0 Å². The molecular weight excluding hydrogens is 354 g/mol. The standard InChI is InChI=1S/C17H39NO5Si2/c1-8-16(4)22-25(20-9-2,21-10-3)14-12-11-13-18-15-17(19)23-24(5,6)7/h16,18H,8-15H2,1-7H3. The topological polar surface area (TPSA) is 66.0 Å². The summed E-state index contributed by atoms with van der Waals surface area (Å²) >= 11 is 0. The average molecular weight is 394 g/mol. The van der Waals surface area contributed by atoms with E-state index < -0.39 is 17.1 Å². The van der Waals surface area contributed by atoms with Crippen LogP contribution in [0.3, 0.4) is 0 Å². The quantitative estimate of drug-likeness (QED) is 0.339. The van der Waals surface area contributed by atoms with Gasteiger partial charge in [0, 0.05) is 25.4 Å². The van der Waals surface area contributed by atoms with Gasteiger partial charge in [-0.15, -0.1) is 0 Å². The predicted octanol–water partition coefficient (Wildman–Crippen LogP) is 3.56. The molecule has 1 N–H and O–H groups in total. The van der Waals surface area contributed by atoms with E-state index in [0.717, 1.165) is 31.9 Å². The van der Waals surface area contributed by atoms with Crippen LogP contribution in [-0.4, -0.2) is 55.5 Å². The van der Waals surface area contributed by atoms with Crippen molar-refractivity contribution in [2.24, 2.45) is 0 Å². The number of nitrogens with one attached hydrogen (secondary N) is 1. The largest absolute Gasteiger partial charge is 0.519 e. The minimum atomic E-state index is -2.61. The summed E-state index contributed by atoms with van der Waals surface area (Å²) in [4.78, 5) is 11.7. The van der Waals surface area contributed by atoms with Crippen molar-refractivity contribution >= 4 is 23.1 Å². The SMILES string of the molecule is CCO[Si](CCCCNCC(=O)O[Si](C)(C)C)(OCC)OC(C)CC. The van der Waals surface area contributed by atoms with Crippen LogP contribution in [0.15, 0.2) is 0 Å². The summed E-state index contributed by atoms with van der Waals surface area (Å²) in [6.45, 7) is 16.4. The molecule has 0 saturated carbocycles. The molecule has 0 amide bonds. The molecule has 0 bridgehead atoms. The zero-order valence-electron chi connectivity index (χ0n) is 17.3. The molecule has 0 aromatic heterocycles. The first-order valence-corrected chi connectivity index (χ1v) is 14.9. The fourth-order valence-electron chi connectivity index (χ4n) is 2.30. The number of carbonyl (C=O) groups is 1. The van der Waals surface area contributed by atoms with E-state index in [2.05, 4.69) is 19.2 Å². The Kier molecular flexibility index (Phi) is 12.9. The lowest BCUT2D eigenvalue weighted by Gasteiger charge is -2.31. The molecular formula is C17H39NO5Si2. The maximum Gasteiger partial charge on any atom is 0.501 e. The fraction of sp³-hybridized carbons (Fsp3) is 0.941. The van der Waals surface area contributed by atoms with Gasteiger partial charge in [-0.3, -0.25) is 4.79 Å².